The average molecular weight is 181 g/mol. The molecule has 0 bridgehead atoms. The summed E-state index contributed by atoms with van der Waals surface area (Å²) in [6, 6.07) is 0. The smallest absolute Gasteiger partial charge is 0.0949 e. The second-order valence-corrected chi connectivity index (χ2v) is 3.30. The molecule has 1 fully saturated rings. The molecule has 3 nitrogen and oxygen atoms in total. The lowest BCUT2D eigenvalue weighted by Gasteiger charge is -1.88. The minimum atomic E-state index is 1.01. The summed E-state index contributed by atoms with van der Waals surface area (Å²) >= 11 is 0. The Bertz CT molecular complexity index is 218. The molecule has 1 aromatic rings. The molecular weight excluding hydrogens is 162 g/mol. The second-order valence-electron chi connectivity index (χ2n) is 3.30. The third-order valence-corrected chi connectivity index (χ3v) is 2.08. The van der Waals surface area contributed by atoms with E-state index in [0.29, 0.717) is 0 Å². The highest BCUT2D eigenvalue weighted by molar-refractivity contribution is 4.91. The van der Waals surface area contributed by atoms with E-state index in [0.717, 1.165) is 12.2 Å². The molecule has 1 N–H and O–H groups in total. The van der Waals surface area contributed by atoms with Crippen molar-refractivity contribution in [3.05, 3.63) is 18.2 Å². The molecule has 0 aromatic carbocycles. The zero-order valence-corrected chi connectivity index (χ0v) is 8.58. The Morgan fingerprint density at radius 1 is 1.46 bits per heavy atom. The maximum Gasteiger partial charge on any atom is 0.0949 e. The van der Waals surface area contributed by atoms with Gasteiger partial charge in [-0.25, -0.2) is 4.98 Å². The van der Waals surface area contributed by atoms with E-state index in [1.165, 1.54) is 25.9 Å². The monoisotopic (exact) mass is 181 g/mol. The molecule has 0 atom stereocenters. The third kappa shape index (κ3) is 4.08. The summed E-state index contributed by atoms with van der Waals surface area (Å²) in [7, 11) is 0. The normalized spacial score (nSPS) is 15.2. The minimum Gasteiger partial charge on any atom is -0.337 e. The number of imidazole rings is 1. The highest BCUT2D eigenvalue weighted by Crippen LogP contribution is 1.91. The van der Waals surface area contributed by atoms with Crippen molar-refractivity contribution < 1.29 is 0 Å². The van der Waals surface area contributed by atoms with Crippen LogP contribution in [0.3, 0.4) is 0 Å². The molecule has 1 aromatic heterocycles. The summed E-state index contributed by atoms with van der Waals surface area (Å²) in [5, 5.41) is 3.22. The van der Waals surface area contributed by atoms with Gasteiger partial charge in [-0.3, -0.25) is 0 Å². The number of aryl methyl sites for hydroxylation is 2. The van der Waals surface area contributed by atoms with Gasteiger partial charge in [-0.2, -0.15) is 0 Å². The van der Waals surface area contributed by atoms with Gasteiger partial charge in [0.05, 0.1) is 12.0 Å². The summed E-state index contributed by atoms with van der Waals surface area (Å²) < 4.78 is 2.05. The van der Waals surface area contributed by atoms with Crippen LogP contribution >= 0.6 is 0 Å². The average Bonchev–Trinajstić information content (AvgIpc) is 2.76. The van der Waals surface area contributed by atoms with E-state index in [1.54, 1.807) is 0 Å². The molecule has 74 valence electrons. The van der Waals surface area contributed by atoms with Crippen LogP contribution in [0.15, 0.2) is 12.5 Å². The fourth-order valence-electron chi connectivity index (χ4n) is 1.27. The zero-order valence-electron chi connectivity index (χ0n) is 8.58. The minimum absolute atomic E-state index is 1.01. The van der Waals surface area contributed by atoms with Crippen molar-refractivity contribution in [2.24, 2.45) is 0 Å². The number of rotatable bonds is 1. The van der Waals surface area contributed by atoms with Crippen LogP contribution in [-0.4, -0.2) is 22.6 Å². The summed E-state index contributed by atoms with van der Waals surface area (Å²) in [6.45, 7) is 7.61. The highest BCUT2D eigenvalue weighted by atomic mass is 15.0. The van der Waals surface area contributed by atoms with Gasteiger partial charge in [-0.1, -0.05) is 0 Å². The van der Waals surface area contributed by atoms with Crippen LogP contribution < -0.4 is 5.32 Å². The summed E-state index contributed by atoms with van der Waals surface area (Å²) in [5.74, 6) is 0. The number of hydrogen-bond acceptors (Lipinski definition) is 2. The Morgan fingerprint density at radius 2 is 2.15 bits per heavy atom. The predicted molar refractivity (Wildman–Crippen MR) is 54.7 cm³/mol. The van der Waals surface area contributed by atoms with E-state index in [-0.39, 0.29) is 0 Å². The molecule has 0 spiro atoms. The number of nitrogens with zero attached hydrogens (tertiary/aromatic N) is 2. The molecule has 2 heterocycles. The van der Waals surface area contributed by atoms with Crippen molar-refractivity contribution in [2.75, 3.05) is 13.1 Å². The Morgan fingerprint density at radius 3 is 2.38 bits per heavy atom. The first-order valence-electron chi connectivity index (χ1n) is 5.02. The van der Waals surface area contributed by atoms with Crippen LogP contribution in [-0.2, 0) is 6.54 Å². The molecule has 1 saturated heterocycles. The van der Waals surface area contributed by atoms with Gasteiger partial charge in [-0.15, -0.1) is 0 Å². The van der Waals surface area contributed by atoms with Crippen LogP contribution in [0.1, 0.15) is 25.5 Å². The van der Waals surface area contributed by atoms with Crippen LogP contribution in [0.5, 0.6) is 0 Å². The fraction of sp³-hybridized carbons (Fsp3) is 0.700. The predicted octanol–water partition coefficient (Wildman–Crippen LogP) is 1.58. The Balaban J connectivity index is 0.000000145. The summed E-state index contributed by atoms with van der Waals surface area (Å²) in [6.07, 6.45) is 6.65. The van der Waals surface area contributed by atoms with Crippen LogP contribution in [0.2, 0.25) is 0 Å². The van der Waals surface area contributed by atoms with Crippen molar-refractivity contribution >= 4 is 0 Å². The second kappa shape index (κ2) is 5.75. The van der Waals surface area contributed by atoms with Crippen molar-refractivity contribution in [2.45, 2.75) is 33.2 Å². The highest BCUT2D eigenvalue weighted by Gasteiger charge is 1.93. The van der Waals surface area contributed by atoms with E-state index >= 15 is 0 Å². The lowest BCUT2D eigenvalue weighted by atomic mass is 10.4. The molecule has 2 rings (SSSR count). The van der Waals surface area contributed by atoms with E-state index < -0.39 is 0 Å². The van der Waals surface area contributed by atoms with Gasteiger partial charge in [0.15, 0.2) is 0 Å². The topological polar surface area (TPSA) is 29.9 Å². The standard InChI is InChI=1S/C6H10N2.C4H9N/c1-3-8-4-6(2)7-5-8;1-2-4-5-3-1/h4-5H,3H2,1-2H3;5H,1-4H2. The largest absolute Gasteiger partial charge is 0.337 e. The van der Waals surface area contributed by atoms with E-state index in [9.17, 15) is 0 Å². The fourth-order valence-corrected chi connectivity index (χ4v) is 1.27. The van der Waals surface area contributed by atoms with Gasteiger partial charge >= 0.3 is 0 Å². The molecular formula is C10H19N3. The Hall–Kier alpha value is -0.830. The van der Waals surface area contributed by atoms with E-state index in [2.05, 4.69) is 21.8 Å². The van der Waals surface area contributed by atoms with Crippen molar-refractivity contribution in [3.63, 3.8) is 0 Å². The molecule has 3 heteroatoms. The van der Waals surface area contributed by atoms with Gasteiger partial charge in [0.1, 0.15) is 0 Å². The van der Waals surface area contributed by atoms with Crippen LogP contribution in [0.4, 0.5) is 0 Å². The van der Waals surface area contributed by atoms with Crippen molar-refractivity contribution in [1.29, 1.82) is 0 Å². The zero-order chi connectivity index (χ0) is 9.52. The van der Waals surface area contributed by atoms with Gasteiger partial charge in [-0.05, 0) is 39.8 Å². The van der Waals surface area contributed by atoms with Gasteiger partial charge in [0.2, 0.25) is 0 Å². The number of nitrogens with one attached hydrogen (secondary N) is 1. The molecule has 0 saturated carbocycles. The quantitative estimate of drug-likeness (QED) is 0.713. The van der Waals surface area contributed by atoms with Gasteiger partial charge in [0, 0.05) is 12.7 Å². The Kier molecular flexibility index (Phi) is 4.54. The SMILES string of the molecule is C1CCNC1.CCn1cnc(C)c1. The first-order chi connectivity index (χ1) is 6.33. The van der Waals surface area contributed by atoms with E-state index in [4.69, 9.17) is 0 Å². The van der Waals surface area contributed by atoms with Crippen LogP contribution in [0.25, 0.3) is 0 Å². The first-order valence-corrected chi connectivity index (χ1v) is 5.02. The number of aromatic nitrogens is 2. The maximum absolute atomic E-state index is 4.05. The summed E-state index contributed by atoms with van der Waals surface area (Å²) in [5.41, 5.74) is 1.09. The molecule has 13 heavy (non-hydrogen) atoms. The molecule has 1 aliphatic rings. The van der Waals surface area contributed by atoms with Crippen molar-refractivity contribution in [1.82, 2.24) is 14.9 Å². The molecule has 0 aliphatic carbocycles. The van der Waals surface area contributed by atoms with Gasteiger partial charge < -0.3 is 9.88 Å². The van der Waals surface area contributed by atoms with Gasteiger partial charge in [0.25, 0.3) is 0 Å². The molecule has 1 aliphatic heterocycles. The lowest BCUT2D eigenvalue weighted by molar-refractivity contribution is 0.761. The molecule has 0 unspecified atom stereocenters. The van der Waals surface area contributed by atoms with E-state index in [1.807, 2.05) is 19.4 Å². The maximum atomic E-state index is 4.05. The number of hydrogen-bond donors (Lipinski definition) is 1. The Labute approximate surface area is 80.2 Å². The lowest BCUT2D eigenvalue weighted by Crippen LogP contribution is -2.03. The molecule has 0 radical (unpaired) electrons. The third-order valence-electron chi connectivity index (χ3n) is 2.08. The first kappa shape index (κ1) is 10.3. The van der Waals surface area contributed by atoms with Crippen LogP contribution in [0, 0.1) is 6.92 Å². The van der Waals surface area contributed by atoms with Crippen molar-refractivity contribution in [3.8, 4) is 0 Å². The summed E-state index contributed by atoms with van der Waals surface area (Å²) in [4.78, 5) is 4.05. The molecule has 0 amide bonds.